The molecule has 0 saturated carbocycles. The summed E-state index contributed by atoms with van der Waals surface area (Å²) in [5.74, 6) is -1.45. The fourth-order valence-corrected chi connectivity index (χ4v) is 2.40. The van der Waals surface area contributed by atoms with Gasteiger partial charge in [-0.25, -0.2) is 0 Å². The van der Waals surface area contributed by atoms with Crippen molar-refractivity contribution in [3.05, 3.63) is 63.7 Å². The van der Waals surface area contributed by atoms with Crippen molar-refractivity contribution < 1.29 is 32.4 Å². The normalized spacial score (nSPS) is 11.0. The molecule has 0 aliphatic heterocycles. The molecule has 0 saturated heterocycles. The van der Waals surface area contributed by atoms with Gasteiger partial charge in [-0.3, -0.25) is 19.7 Å². The van der Waals surface area contributed by atoms with Gasteiger partial charge in [0.05, 0.1) is 4.92 Å². The Labute approximate surface area is 163 Å². The average molecular weight is 410 g/mol. The quantitative estimate of drug-likeness (QED) is 0.389. The van der Waals surface area contributed by atoms with Crippen LogP contribution in [0, 0.1) is 10.1 Å². The molecule has 2 aromatic rings. The maximum absolute atomic E-state index is 13.1. The number of amides is 1. The molecule has 0 heterocycles. The second-order valence-electron chi connectivity index (χ2n) is 6.02. The van der Waals surface area contributed by atoms with E-state index >= 15 is 0 Å². The predicted molar refractivity (Wildman–Crippen MR) is 97.9 cm³/mol. The number of carbonyl (C=O) groups is 2. The minimum atomic E-state index is -4.89. The van der Waals surface area contributed by atoms with Crippen LogP contribution in [0.5, 0.6) is 5.75 Å². The number of rotatable bonds is 8. The Morgan fingerprint density at radius 2 is 1.79 bits per heavy atom. The maximum Gasteiger partial charge on any atom is 0.420 e. The van der Waals surface area contributed by atoms with Crippen molar-refractivity contribution in [1.82, 2.24) is 0 Å². The molecule has 0 aliphatic carbocycles. The van der Waals surface area contributed by atoms with Gasteiger partial charge in [0.25, 0.3) is 5.69 Å². The number of Topliss-reactive ketones (excluding diaryl/α,β-unsaturated/α-hetero) is 1. The zero-order chi connectivity index (χ0) is 21.6. The molecule has 0 aromatic heterocycles. The van der Waals surface area contributed by atoms with Crippen molar-refractivity contribution in [2.24, 2.45) is 0 Å². The van der Waals surface area contributed by atoms with Crippen LogP contribution in [0.2, 0.25) is 0 Å². The van der Waals surface area contributed by atoms with Crippen LogP contribution in [0.4, 0.5) is 24.5 Å². The Morgan fingerprint density at radius 3 is 2.34 bits per heavy atom. The Morgan fingerprint density at radius 1 is 1.14 bits per heavy atom. The Hall–Kier alpha value is -3.43. The number of ether oxygens (including phenoxy) is 1. The van der Waals surface area contributed by atoms with E-state index in [4.69, 9.17) is 4.74 Å². The molecule has 29 heavy (non-hydrogen) atoms. The number of nitro groups is 1. The molecule has 2 aromatic carbocycles. The molecule has 7 nitrogen and oxygen atoms in total. The van der Waals surface area contributed by atoms with Crippen molar-refractivity contribution in [2.45, 2.75) is 25.9 Å². The van der Waals surface area contributed by atoms with Gasteiger partial charge >= 0.3 is 6.18 Å². The highest BCUT2D eigenvalue weighted by Gasteiger charge is 2.36. The molecule has 0 atom stereocenters. The third kappa shape index (κ3) is 6.03. The summed E-state index contributed by atoms with van der Waals surface area (Å²) in [7, 11) is 0. The summed E-state index contributed by atoms with van der Waals surface area (Å²) in [4.78, 5) is 33.5. The van der Waals surface area contributed by atoms with Gasteiger partial charge in [-0.15, -0.1) is 0 Å². The van der Waals surface area contributed by atoms with Crippen LogP contribution in [-0.2, 0) is 11.0 Å². The number of alkyl halides is 3. The highest BCUT2D eigenvalue weighted by Crippen LogP contribution is 2.38. The number of carbonyl (C=O) groups excluding carboxylic acids is 2. The van der Waals surface area contributed by atoms with E-state index in [0.717, 1.165) is 12.1 Å². The number of nitrogens with zero attached hydrogens (tertiary/aromatic N) is 1. The molecular formula is C19H17F3N2O5. The van der Waals surface area contributed by atoms with E-state index in [1.165, 1.54) is 24.3 Å². The molecular weight excluding hydrogens is 393 g/mol. The predicted octanol–water partition coefficient (Wildman–Crippen LogP) is 4.61. The zero-order valence-corrected chi connectivity index (χ0v) is 15.3. The molecule has 2 rings (SSSR count). The minimum Gasteiger partial charge on any atom is -0.485 e. The number of non-ortho nitro benzene ring substituents is 1. The van der Waals surface area contributed by atoms with E-state index in [1.807, 2.05) is 6.92 Å². The minimum absolute atomic E-state index is 0.173. The van der Waals surface area contributed by atoms with E-state index in [1.54, 1.807) is 0 Å². The van der Waals surface area contributed by atoms with Crippen LogP contribution in [0.15, 0.2) is 42.5 Å². The number of ketones is 1. The first-order chi connectivity index (χ1) is 13.6. The van der Waals surface area contributed by atoms with Gasteiger partial charge < -0.3 is 10.1 Å². The summed E-state index contributed by atoms with van der Waals surface area (Å²) >= 11 is 0. The first-order valence-corrected chi connectivity index (χ1v) is 8.53. The summed E-state index contributed by atoms with van der Waals surface area (Å²) < 4.78 is 44.3. The zero-order valence-electron chi connectivity index (χ0n) is 15.3. The molecule has 0 fully saturated rings. The smallest absolute Gasteiger partial charge is 0.420 e. The molecule has 1 amide bonds. The number of benzene rings is 2. The maximum atomic E-state index is 13.1. The monoisotopic (exact) mass is 410 g/mol. The number of nitrogens with one attached hydrogen (secondary N) is 1. The third-order valence-electron chi connectivity index (χ3n) is 3.81. The average Bonchev–Trinajstić information content (AvgIpc) is 2.66. The lowest BCUT2D eigenvalue weighted by atomic mass is 10.1. The number of anilines is 1. The van der Waals surface area contributed by atoms with E-state index in [9.17, 15) is 32.9 Å². The Balaban J connectivity index is 2.09. The van der Waals surface area contributed by atoms with E-state index in [-0.39, 0.29) is 11.5 Å². The highest BCUT2D eigenvalue weighted by atomic mass is 19.4. The number of halogens is 3. The lowest BCUT2D eigenvalue weighted by Crippen LogP contribution is -2.15. The van der Waals surface area contributed by atoms with Crippen molar-refractivity contribution in [1.29, 1.82) is 0 Å². The van der Waals surface area contributed by atoms with Gasteiger partial charge in [0.15, 0.2) is 12.4 Å². The van der Waals surface area contributed by atoms with Gasteiger partial charge in [-0.1, -0.05) is 6.92 Å². The fraction of sp³-hybridized carbons (Fsp3) is 0.263. The van der Waals surface area contributed by atoms with Crippen molar-refractivity contribution in [2.75, 3.05) is 11.9 Å². The van der Waals surface area contributed by atoms with Crippen molar-refractivity contribution in [3.63, 3.8) is 0 Å². The molecule has 0 bridgehead atoms. The van der Waals surface area contributed by atoms with Gasteiger partial charge in [0, 0.05) is 29.8 Å². The highest BCUT2D eigenvalue weighted by molar-refractivity contribution is 5.98. The molecule has 154 valence electrons. The van der Waals surface area contributed by atoms with Crippen LogP contribution >= 0.6 is 0 Å². The number of nitro benzene ring substituents is 1. The van der Waals surface area contributed by atoms with Crippen molar-refractivity contribution in [3.8, 4) is 5.75 Å². The van der Waals surface area contributed by atoms with E-state index in [2.05, 4.69) is 5.32 Å². The molecule has 0 aliphatic rings. The topological polar surface area (TPSA) is 98.5 Å². The van der Waals surface area contributed by atoms with Gasteiger partial charge in [0.1, 0.15) is 11.3 Å². The summed E-state index contributed by atoms with van der Waals surface area (Å²) in [6.45, 7) is 1.17. The first kappa shape index (κ1) is 21.9. The van der Waals surface area contributed by atoms with Crippen molar-refractivity contribution >= 4 is 23.1 Å². The van der Waals surface area contributed by atoms with Crippen LogP contribution < -0.4 is 10.1 Å². The standard InChI is InChI=1S/C19H17F3N2O5/c1-2-3-18(26)23-13-6-4-12(5-7-13)16(25)11-29-17-9-8-14(24(27)28)10-15(17)19(20,21)22/h4-10H,2-3,11H2,1H3,(H,23,26). The third-order valence-corrected chi connectivity index (χ3v) is 3.81. The summed E-state index contributed by atoms with van der Waals surface area (Å²) in [6.07, 6.45) is -3.85. The van der Waals surface area contributed by atoms with Gasteiger partial charge in [0.2, 0.25) is 5.91 Å². The molecule has 0 spiro atoms. The fourth-order valence-electron chi connectivity index (χ4n) is 2.40. The molecule has 10 heteroatoms. The van der Waals surface area contributed by atoms with Gasteiger partial charge in [-0.05, 0) is 36.8 Å². The molecule has 0 unspecified atom stereocenters. The summed E-state index contributed by atoms with van der Waals surface area (Å²) in [5, 5.41) is 13.3. The van der Waals surface area contributed by atoms with E-state index in [0.29, 0.717) is 24.6 Å². The summed E-state index contributed by atoms with van der Waals surface area (Å²) in [6, 6.07) is 7.83. The molecule has 1 N–H and O–H groups in total. The lowest BCUT2D eigenvalue weighted by Gasteiger charge is -2.13. The molecule has 0 radical (unpaired) electrons. The Bertz CT molecular complexity index is 911. The van der Waals surface area contributed by atoms with Crippen LogP contribution in [0.3, 0.4) is 0 Å². The second kappa shape index (κ2) is 9.18. The Kier molecular flexibility index (Phi) is 6.92. The van der Waals surface area contributed by atoms with Gasteiger partial charge in [-0.2, -0.15) is 13.2 Å². The lowest BCUT2D eigenvalue weighted by molar-refractivity contribution is -0.385. The number of hydrogen-bond acceptors (Lipinski definition) is 5. The first-order valence-electron chi connectivity index (χ1n) is 8.53. The van der Waals surface area contributed by atoms with Crippen LogP contribution in [-0.4, -0.2) is 23.2 Å². The summed E-state index contributed by atoms with van der Waals surface area (Å²) in [5.41, 5.74) is -1.42. The van der Waals surface area contributed by atoms with E-state index < -0.39 is 40.5 Å². The van der Waals surface area contributed by atoms with Crippen LogP contribution in [0.1, 0.15) is 35.7 Å². The largest absolute Gasteiger partial charge is 0.485 e. The second-order valence-corrected chi connectivity index (χ2v) is 6.02. The SMILES string of the molecule is CCCC(=O)Nc1ccc(C(=O)COc2ccc([N+](=O)[O-])cc2C(F)(F)F)cc1. The number of hydrogen-bond donors (Lipinski definition) is 1. The van der Waals surface area contributed by atoms with Crippen LogP contribution in [0.25, 0.3) is 0 Å².